The molecule has 0 heterocycles. The number of nitrogens with two attached hydrogens (primary N) is 1. The topological polar surface area (TPSA) is 81.8 Å². The predicted octanol–water partition coefficient (Wildman–Crippen LogP) is 3.91. The average Bonchev–Trinajstić information content (AvgIpc) is 2.67. The summed E-state index contributed by atoms with van der Waals surface area (Å²) in [6.45, 7) is 0. The smallest absolute Gasteiger partial charge is 0.324 e. The van der Waals surface area contributed by atoms with Crippen LogP contribution in [0.2, 0.25) is 0 Å². The van der Waals surface area contributed by atoms with Crippen molar-refractivity contribution in [1.82, 2.24) is 0 Å². The lowest BCUT2D eigenvalue weighted by atomic mass is 9.78. The van der Waals surface area contributed by atoms with Crippen molar-refractivity contribution >= 4 is 16.7 Å². The molecule has 0 bridgehead atoms. The van der Waals surface area contributed by atoms with Gasteiger partial charge in [0.25, 0.3) is 0 Å². The second kappa shape index (κ2) is 6.59. The number of fused-ring (bicyclic) bond motifs is 2. The van der Waals surface area contributed by atoms with Gasteiger partial charge in [-0.1, -0.05) is 30.3 Å². The van der Waals surface area contributed by atoms with Crippen molar-refractivity contribution in [3.05, 3.63) is 65.7 Å². The molecular weight excluding hydrogens is 342 g/mol. The van der Waals surface area contributed by atoms with Crippen LogP contribution in [0.5, 0.6) is 17.2 Å². The monoisotopic (exact) mass is 363 g/mol. The third kappa shape index (κ3) is 3.11. The zero-order valence-electron chi connectivity index (χ0n) is 15.1. The number of ether oxygens (including phenoxy) is 2. The summed E-state index contributed by atoms with van der Waals surface area (Å²) in [4.78, 5) is 11.5. The van der Waals surface area contributed by atoms with Gasteiger partial charge in [0.15, 0.2) is 0 Å². The van der Waals surface area contributed by atoms with Crippen LogP contribution in [0.3, 0.4) is 0 Å². The van der Waals surface area contributed by atoms with Crippen LogP contribution in [0.1, 0.15) is 17.5 Å². The van der Waals surface area contributed by atoms with Crippen LogP contribution in [0.4, 0.5) is 0 Å². The minimum Gasteiger partial charge on any atom is -0.496 e. The highest BCUT2D eigenvalue weighted by atomic mass is 16.5. The average molecular weight is 363 g/mol. The van der Waals surface area contributed by atoms with Crippen molar-refractivity contribution in [3.8, 4) is 17.2 Å². The van der Waals surface area contributed by atoms with Crippen LogP contribution < -0.4 is 15.2 Å². The van der Waals surface area contributed by atoms with E-state index < -0.39 is 11.5 Å². The Balaban J connectivity index is 1.71. The van der Waals surface area contributed by atoms with E-state index in [9.17, 15) is 9.90 Å². The Hall–Kier alpha value is -3.05. The van der Waals surface area contributed by atoms with Crippen LogP contribution in [-0.2, 0) is 17.6 Å². The summed E-state index contributed by atoms with van der Waals surface area (Å²) in [6.07, 6.45) is 1.39. The fourth-order valence-electron chi connectivity index (χ4n) is 3.70. The molecule has 1 unspecified atom stereocenters. The fourth-order valence-corrected chi connectivity index (χ4v) is 3.70. The van der Waals surface area contributed by atoms with Crippen LogP contribution in [0.15, 0.2) is 54.6 Å². The molecule has 4 rings (SSSR count). The number of carboxylic acids is 1. The molecule has 0 saturated carbocycles. The molecule has 1 aliphatic carbocycles. The maximum Gasteiger partial charge on any atom is 0.324 e. The summed E-state index contributed by atoms with van der Waals surface area (Å²) in [6, 6.07) is 17.5. The number of hydrogen-bond donors (Lipinski definition) is 2. The summed E-state index contributed by atoms with van der Waals surface area (Å²) in [5, 5.41) is 11.4. The molecule has 0 amide bonds. The van der Waals surface area contributed by atoms with E-state index in [1.807, 2.05) is 54.6 Å². The minimum atomic E-state index is -1.21. The largest absolute Gasteiger partial charge is 0.496 e. The Morgan fingerprint density at radius 1 is 1.07 bits per heavy atom. The van der Waals surface area contributed by atoms with Gasteiger partial charge in [0.05, 0.1) is 12.5 Å². The highest BCUT2D eigenvalue weighted by Crippen LogP contribution is 2.37. The Morgan fingerprint density at radius 3 is 2.52 bits per heavy atom. The van der Waals surface area contributed by atoms with Crippen LogP contribution >= 0.6 is 0 Å². The lowest BCUT2D eigenvalue weighted by Crippen LogP contribution is -2.52. The maximum atomic E-state index is 11.5. The molecule has 3 aromatic carbocycles. The second-order valence-electron chi connectivity index (χ2n) is 6.99. The molecule has 138 valence electrons. The summed E-state index contributed by atoms with van der Waals surface area (Å²) < 4.78 is 11.6. The van der Waals surface area contributed by atoms with E-state index in [1.165, 1.54) is 0 Å². The van der Waals surface area contributed by atoms with Gasteiger partial charge in [0.1, 0.15) is 22.8 Å². The molecule has 5 nitrogen and oxygen atoms in total. The van der Waals surface area contributed by atoms with Gasteiger partial charge in [-0.25, -0.2) is 0 Å². The van der Waals surface area contributed by atoms with Crippen molar-refractivity contribution in [1.29, 1.82) is 0 Å². The normalized spacial score (nSPS) is 18.7. The Bertz CT molecular complexity index is 1020. The van der Waals surface area contributed by atoms with E-state index in [1.54, 1.807) is 7.11 Å². The number of aryl methyl sites for hydroxylation is 1. The zero-order chi connectivity index (χ0) is 19.0. The van der Waals surface area contributed by atoms with Crippen molar-refractivity contribution in [2.75, 3.05) is 7.11 Å². The first-order valence-electron chi connectivity index (χ1n) is 8.88. The number of aliphatic carboxylic acids is 1. The highest BCUT2D eigenvalue weighted by Gasteiger charge is 2.37. The van der Waals surface area contributed by atoms with Gasteiger partial charge in [0, 0.05) is 6.42 Å². The molecule has 3 N–H and O–H groups in total. The minimum absolute atomic E-state index is 0.299. The van der Waals surface area contributed by atoms with Crippen molar-refractivity contribution < 1.29 is 19.4 Å². The van der Waals surface area contributed by atoms with E-state index in [-0.39, 0.29) is 0 Å². The van der Waals surface area contributed by atoms with Crippen molar-refractivity contribution in [3.63, 3.8) is 0 Å². The molecule has 1 atom stereocenters. The molecule has 0 radical (unpaired) electrons. The van der Waals surface area contributed by atoms with E-state index in [0.717, 1.165) is 27.6 Å². The summed E-state index contributed by atoms with van der Waals surface area (Å²) in [7, 11) is 1.64. The van der Waals surface area contributed by atoms with Gasteiger partial charge in [-0.15, -0.1) is 0 Å². The fraction of sp³-hybridized carbons (Fsp3) is 0.227. The molecular formula is C22H21NO4. The molecule has 27 heavy (non-hydrogen) atoms. The second-order valence-corrected chi connectivity index (χ2v) is 6.99. The predicted molar refractivity (Wildman–Crippen MR) is 104 cm³/mol. The van der Waals surface area contributed by atoms with Gasteiger partial charge in [0.2, 0.25) is 0 Å². The molecule has 3 aromatic rings. The number of carboxylic acid groups (broad SMARTS) is 1. The van der Waals surface area contributed by atoms with Gasteiger partial charge in [-0.2, -0.15) is 0 Å². The summed E-state index contributed by atoms with van der Waals surface area (Å²) in [5.41, 5.74) is 6.91. The molecule has 0 saturated heterocycles. The quantitative estimate of drug-likeness (QED) is 0.734. The van der Waals surface area contributed by atoms with Crippen LogP contribution in [-0.4, -0.2) is 23.7 Å². The number of carbonyl (C=O) groups is 1. The Labute approximate surface area is 157 Å². The third-order valence-electron chi connectivity index (χ3n) is 5.23. The molecule has 1 aliphatic rings. The number of rotatable bonds is 4. The number of benzene rings is 3. The lowest BCUT2D eigenvalue weighted by molar-refractivity contribution is -0.143. The SMILES string of the molecule is COc1cccc2cccc(Oc3ccc4c(c3)CC(N)(C(=O)O)CC4)c12. The van der Waals surface area contributed by atoms with E-state index in [2.05, 4.69) is 0 Å². The first-order chi connectivity index (χ1) is 13.0. The van der Waals surface area contributed by atoms with Crippen molar-refractivity contribution in [2.45, 2.75) is 24.8 Å². The van der Waals surface area contributed by atoms with Gasteiger partial charge in [-0.05, 0) is 53.6 Å². The molecule has 0 aromatic heterocycles. The summed E-state index contributed by atoms with van der Waals surface area (Å²) >= 11 is 0. The standard InChI is InChI=1S/C22H21NO4/c1-26-18-6-2-4-15-5-3-7-19(20(15)18)27-17-9-8-14-10-11-22(23,21(24)25)13-16(14)12-17/h2-9,12H,10-11,13,23H2,1H3,(H,24,25). The van der Waals surface area contributed by atoms with E-state index in [0.29, 0.717) is 30.8 Å². The third-order valence-corrected chi connectivity index (χ3v) is 5.23. The highest BCUT2D eigenvalue weighted by molar-refractivity contribution is 5.94. The number of hydrogen-bond acceptors (Lipinski definition) is 4. The van der Waals surface area contributed by atoms with Crippen LogP contribution in [0.25, 0.3) is 10.8 Å². The maximum absolute atomic E-state index is 11.5. The summed E-state index contributed by atoms with van der Waals surface area (Å²) in [5.74, 6) is 1.13. The van der Waals surface area contributed by atoms with Gasteiger partial charge < -0.3 is 20.3 Å². The van der Waals surface area contributed by atoms with E-state index >= 15 is 0 Å². The Morgan fingerprint density at radius 2 is 1.81 bits per heavy atom. The lowest BCUT2D eigenvalue weighted by Gasteiger charge is -2.31. The van der Waals surface area contributed by atoms with Gasteiger partial charge >= 0.3 is 5.97 Å². The number of methoxy groups -OCH3 is 1. The van der Waals surface area contributed by atoms with Gasteiger partial charge in [-0.3, -0.25) is 4.79 Å². The first kappa shape index (κ1) is 17.4. The Kier molecular flexibility index (Phi) is 4.24. The molecule has 0 aliphatic heterocycles. The van der Waals surface area contributed by atoms with E-state index in [4.69, 9.17) is 15.2 Å². The molecule has 0 spiro atoms. The molecule has 0 fully saturated rings. The van der Waals surface area contributed by atoms with Crippen LogP contribution in [0, 0.1) is 0 Å². The zero-order valence-corrected chi connectivity index (χ0v) is 15.1. The van der Waals surface area contributed by atoms with Crippen molar-refractivity contribution in [2.24, 2.45) is 5.73 Å². The first-order valence-corrected chi connectivity index (χ1v) is 8.88. The molecule has 5 heteroatoms.